The predicted octanol–water partition coefficient (Wildman–Crippen LogP) is 1.99. The topological polar surface area (TPSA) is 88.2 Å². The first kappa shape index (κ1) is 18.1. The summed E-state index contributed by atoms with van der Waals surface area (Å²) in [5, 5.41) is 2.84. The molecule has 2 aromatic rings. The van der Waals surface area contributed by atoms with Crippen LogP contribution < -0.4 is 19.7 Å². The van der Waals surface area contributed by atoms with E-state index >= 15 is 0 Å². The number of carbonyl (C=O) groups excluding carboxylic acids is 3. The summed E-state index contributed by atoms with van der Waals surface area (Å²) >= 11 is 0. The average Bonchev–Trinajstić information content (AvgIpc) is 3.55. The van der Waals surface area contributed by atoms with E-state index in [1.165, 1.54) is 23.1 Å². The van der Waals surface area contributed by atoms with Gasteiger partial charge >= 0.3 is 0 Å². The van der Waals surface area contributed by atoms with Crippen LogP contribution in [0.25, 0.3) is 0 Å². The van der Waals surface area contributed by atoms with Gasteiger partial charge in [0.15, 0.2) is 11.5 Å². The standard InChI is InChI=1S/C23H18FN3O5/c24-11-3-5-14-13(8-11)23(22(30)25-14)19-18(15-2-1-7-26(15)23)20(28)27(21(19)29)12-4-6-16-17(9-12)32-10-31-16/h3-6,8-9,15,18-19H,1-2,7,10H2,(H,25,30)/t15-,18+,19+,23-/m1/s1. The summed E-state index contributed by atoms with van der Waals surface area (Å²) in [6.07, 6.45) is 1.51. The Bertz CT molecular complexity index is 1250. The second-order valence-electron chi connectivity index (χ2n) is 8.87. The van der Waals surface area contributed by atoms with Crippen LogP contribution >= 0.6 is 0 Å². The van der Waals surface area contributed by atoms with Gasteiger partial charge in [0.05, 0.1) is 17.5 Å². The van der Waals surface area contributed by atoms with Crippen LogP contribution in [-0.2, 0) is 19.9 Å². The lowest BCUT2D eigenvalue weighted by molar-refractivity contribution is -0.135. The van der Waals surface area contributed by atoms with Gasteiger partial charge in [-0.15, -0.1) is 0 Å². The first-order chi connectivity index (χ1) is 15.5. The number of nitrogens with zero attached hydrogens (tertiary/aromatic N) is 2. The summed E-state index contributed by atoms with van der Waals surface area (Å²) in [5.41, 5.74) is -0.0718. The van der Waals surface area contributed by atoms with Crippen LogP contribution in [-0.4, -0.2) is 42.0 Å². The molecule has 0 aromatic heterocycles. The van der Waals surface area contributed by atoms with Gasteiger partial charge in [0.2, 0.25) is 24.5 Å². The van der Waals surface area contributed by atoms with Crippen LogP contribution in [0.4, 0.5) is 15.8 Å². The SMILES string of the molecule is O=C1[C@H]2[C@H]3CCCN3[C@@]3(C(=O)Nc4ccc(F)cc43)[C@@H]2C(=O)N1c1ccc2c(c1)OCO2. The van der Waals surface area contributed by atoms with E-state index in [1.54, 1.807) is 18.2 Å². The fourth-order valence-electron chi connectivity index (χ4n) is 6.45. The maximum Gasteiger partial charge on any atom is 0.250 e. The Hall–Kier alpha value is -3.46. The molecule has 32 heavy (non-hydrogen) atoms. The second kappa shape index (κ2) is 5.86. The number of benzene rings is 2. The van der Waals surface area contributed by atoms with Gasteiger partial charge in [0, 0.05) is 23.4 Å². The van der Waals surface area contributed by atoms with Crippen LogP contribution in [0.5, 0.6) is 11.5 Å². The number of amides is 3. The van der Waals surface area contributed by atoms with Crippen molar-refractivity contribution in [3.8, 4) is 11.5 Å². The summed E-state index contributed by atoms with van der Waals surface area (Å²) in [6, 6.07) is 8.80. The van der Waals surface area contributed by atoms with E-state index in [4.69, 9.17) is 9.47 Å². The van der Waals surface area contributed by atoms with Crippen molar-refractivity contribution < 1.29 is 28.2 Å². The molecule has 5 aliphatic heterocycles. The number of nitrogens with one attached hydrogen (secondary N) is 1. The summed E-state index contributed by atoms with van der Waals surface area (Å²) in [5.74, 6) is -2.21. The Morgan fingerprint density at radius 3 is 2.75 bits per heavy atom. The lowest BCUT2D eigenvalue weighted by atomic mass is 9.75. The minimum absolute atomic E-state index is 0.0780. The molecule has 8 nitrogen and oxygen atoms in total. The van der Waals surface area contributed by atoms with Crippen molar-refractivity contribution in [2.75, 3.05) is 23.6 Å². The van der Waals surface area contributed by atoms with E-state index in [0.29, 0.717) is 41.4 Å². The maximum absolute atomic E-state index is 14.3. The number of anilines is 2. The van der Waals surface area contributed by atoms with Crippen LogP contribution in [0.2, 0.25) is 0 Å². The summed E-state index contributed by atoms with van der Waals surface area (Å²) in [7, 11) is 0. The number of halogens is 1. The molecule has 3 amide bonds. The Morgan fingerprint density at radius 2 is 1.88 bits per heavy atom. The zero-order valence-corrected chi connectivity index (χ0v) is 16.8. The lowest BCUT2D eigenvalue weighted by Gasteiger charge is -2.36. The molecule has 0 unspecified atom stereocenters. The van der Waals surface area contributed by atoms with Gasteiger partial charge < -0.3 is 14.8 Å². The molecule has 4 atom stereocenters. The van der Waals surface area contributed by atoms with Crippen molar-refractivity contribution in [3.63, 3.8) is 0 Å². The molecular formula is C23H18FN3O5. The van der Waals surface area contributed by atoms with Gasteiger partial charge in [-0.1, -0.05) is 0 Å². The van der Waals surface area contributed by atoms with E-state index in [9.17, 15) is 18.8 Å². The molecule has 1 N–H and O–H groups in total. The molecule has 0 radical (unpaired) electrons. The fraction of sp³-hybridized carbons (Fsp3) is 0.348. The molecule has 0 aliphatic carbocycles. The molecular weight excluding hydrogens is 417 g/mol. The minimum atomic E-state index is -1.39. The smallest absolute Gasteiger partial charge is 0.250 e. The second-order valence-corrected chi connectivity index (χ2v) is 8.87. The molecule has 5 aliphatic rings. The molecule has 7 rings (SSSR count). The van der Waals surface area contributed by atoms with Crippen molar-refractivity contribution >= 4 is 29.1 Å². The highest BCUT2D eigenvalue weighted by atomic mass is 19.1. The largest absolute Gasteiger partial charge is 0.454 e. The molecule has 1 spiro atoms. The van der Waals surface area contributed by atoms with Crippen molar-refractivity contribution in [1.82, 2.24) is 4.90 Å². The van der Waals surface area contributed by atoms with Gasteiger partial charge in [-0.3, -0.25) is 19.3 Å². The Labute approximate surface area is 181 Å². The van der Waals surface area contributed by atoms with E-state index in [-0.39, 0.29) is 24.6 Å². The fourth-order valence-corrected chi connectivity index (χ4v) is 6.45. The van der Waals surface area contributed by atoms with Crippen molar-refractivity contribution in [3.05, 3.63) is 47.8 Å². The summed E-state index contributed by atoms with van der Waals surface area (Å²) in [6.45, 7) is 0.653. The van der Waals surface area contributed by atoms with Gasteiger partial charge in [-0.2, -0.15) is 0 Å². The van der Waals surface area contributed by atoms with Crippen LogP contribution in [0.1, 0.15) is 18.4 Å². The molecule has 0 saturated carbocycles. The van der Waals surface area contributed by atoms with Crippen LogP contribution in [0.3, 0.4) is 0 Å². The van der Waals surface area contributed by atoms with E-state index < -0.39 is 29.1 Å². The molecule has 162 valence electrons. The normalized spacial score (nSPS) is 32.0. The minimum Gasteiger partial charge on any atom is -0.454 e. The maximum atomic E-state index is 14.3. The zero-order valence-electron chi connectivity index (χ0n) is 16.8. The van der Waals surface area contributed by atoms with Crippen molar-refractivity contribution in [2.24, 2.45) is 11.8 Å². The van der Waals surface area contributed by atoms with Gasteiger partial charge in [0.25, 0.3) is 0 Å². The lowest BCUT2D eigenvalue weighted by Crippen LogP contribution is -2.54. The highest BCUT2D eigenvalue weighted by Gasteiger charge is 2.74. The molecule has 2 aromatic carbocycles. The Morgan fingerprint density at radius 1 is 1.03 bits per heavy atom. The zero-order chi connectivity index (χ0) is 21.8. The molecule has 3 saturated heterocycles. The van der Waals surface area contributed by atoms with Gasteiger partial charge in [-0.25, -0.2) is 9.29 Å². The highest BCUT2D eigenvalue weighted by molar-refractivity contribution is 6.26. The number of carbonyl (C=O) groups is 3. The molecule has 9 heteroatoms. The molecule has 0 bridgehead atoms. The average molecular weight is 435 g/mol. The van der Waals surface area contributed by atoms with Gasteiger partial charge in [-0.05, 0) is 49.7 Å². The van der Waals surface area contributed by atoms with E-state index in [1.807, 2.05) is 4.90 Å². The Balaban J connectivity index is 1.41. The molecule has 5 heterocycles. The monoisotopic (exact) mass is 435 g/mol. The predicted molar refractivity (Wildman–Crippen MR) is 108 cm³/mol. The number of hydrogen-bond donors (Lipinski definition) is 1. The Kier molecular flexibility index (Phi) is 3.32. The van der Waals surface area contributed by atoms with E-state index in [2.05, 4.69) is 5.32 Å². The number of rotatable bonds is 1. The van der Waals surface area contributed by atoms with Gasteiger partial charge in [0.1, 0.15) is 11.4 Å². The summed E-state index contributed by atoms with van der Waals surface area (Å²) < 4.78 is 25.1. The van der Waals surface area contributed by atoms with Crippen LogP contribution in [0, 0.1) is 17.7 Å². The van der Waals surface area contributed by atoms with Crippen molar-refractivity contribution in [2.45, 2.75) is 24.4 Å². The summed E-state index contributed by atoms with van der Waals surface area (Å²) in [4.78, 5) is 44.2. The number of hydrogen-bond acceptors (Lipinski definition) is 6. The first-order valence-electron chi connectivity index (χ1n) is 10.7. The number of imide groups is 1. The molecule has 3 fully saturated rings. The van der Waals surface area contributed by atoms with E-state index in [0.717, 1.165) is 6.42 Å². The third-order valence-electron chi connectivity index (χ3n) is 7.57. The highest BCUT2D eigenvalue weighted by Crippen LogP contribution is 2.60. The van der Waals surface area contributed by atoms with Crippen LogP contribution in [0.15, 0.2) is 36.4 Å². The number of ether oxygens (including phenoxy) is 2. The van der Waals surface area contributed by atoms with Crippen molar-refractivity contribution in [1.29, 1.82) is 0 Å². The quantitative estimate of drug-likeness (QED) is 0.690. The third kappa shape index (κ3) is 1.94. The number of fused-ring (bicyclic) bond motifs is 8. The third-order valence-corrected chi connectivity index (χ3v) is 7.57. The first-order valence-corrected chi connectivity index (χ1v) is 10.7.